The molecule has 106 valence electrons. The average molecular weight is 413 g/mol. The molecule has 2 heterocycles. The van der Waals surface area contributed by atoms with E-state index in [-0.39, 0.29) is 0 Å². The zero-order valence-corrected chi connectivity index (χ0v) is 13.7. The molecule has 0 spiro atoms. The molecule has 1 aliphatic rings. The molecule has 0 fully saturated rings. The molecule has 2 aromatic carbocycles. The first kappa shape index (κ1) is 13.2. The molecule has 6 heteroatoms. The summed E-state index contributed by atoms with van der Waals surface area (Å²) in [6, 6.07) is 9.59. The highest BCUT2D eigenvalue weighted by atomic mass is 127. The molecule has 0 saturated heterocycles. The lowest BCUT2D eigenvalue weighted by Gasteiger charge is -2.17. The molecule has 0 saturated carbocycles. The van der Waals surface area contributed by atoms with Crippen LogP contribution in [0.5, 0.6) is 11.5 Å². The van der Waals surface area contributed by atoms with Crippen molar-refractivity contribution in [2.45, 2.75) is 0 Å². The second-order valence-corrected chi connectivity index (χ2v) is 6.32. The van der Waals surface area contributed by atoms with Crippen molar-refractivity contribution in [3.8, 4) is 22.9 Å². The maximum absolute atomic E-state index is 6.08. The lowest BCUT2D eigenvalue weighted by atomic mass is 10.2. The van der Waals surface area contributed by atoms with Crippen molar-refractivity contribution in [2.24, 2.45) is 0 Å². The summed E-state index contributed by atoms with van der Waals surface area (Å²) in [5.41, 5.74) is 2.76. The minimum absolute atomic E-state index is 0.571. The number of halogens is 2. The van der Waals surface area contributed by atoms with Crippen LogP contribution in [-0.4, -0.2) is 23.2 Å². The molecule has 4 rings (SSSR count). The lowest BCUT2D eigenvalue weighted by Crippen LogP contribution is -2.15. The molecule has 1 aromatic heterocycles. The van der Waals surface area contributed by atoms with E-state index in [2.05, 4.69) is 32.6 Å². The van der Waals surface area contributed by atoms with Gasteiger partial charge in [-0.25, -0.2) is 4.98 Å². The van der Waals surface area contributed by atoms with E-state index in [0.29, 0.717) is 18.2 Å². The fourth-order valence-electron chi connectivity index (χ4n) is 2.35. The molecule has 1 N–H and O–H groups in total. The van der Waals surface area contributed by atoms with Gasteiger partial charge in [-0.3, -0.25) is 0 Å². The summed E-state index contributed by atoms with van der Waals surface area (Å²) in [5.74, 6) is 2.29. The van der Waals surface area contributed by atoms with Crippen molar-refractivity contribution in [1.82, 2.24) is 9.97 Å². The van der Waals surface area contributed by atoms with E-state index < -0.39 is 0 Å². The van der Waals surface area contributed by atoms with Crippen LogP contribution in [0.1, 0.15) is 0 Å². The summed E-state index contributed by atoms with van der Waals surface area (Å²) < 4.78 is 12.3. The van der Waals surface area contributed by atoms with Gasteiger partial charge in [-0.2, -0.15) is 0 Å². The number of aromatic nitrogens is 2. The van der Waals surface area contributed by atoms with Crippen LogP contribution in [0, 0.1) is 3.57 Å². The summed E-state index contributed by atoms with van der Waals surface area (Å²) in [7, 11) is 0. The highest BCUT2D eigenvalue weighted by Crippen LogP contribution is 2.35. The smallest absolute Gasteiger partial charge is 0.163 e. The molecule has 0 bridgehead atoms. The van der Waals surface area contributed by atoms with E-state index in [4.69, 9.17) is 21.1 Å². The highest BCUT2D eigenvalue weighted by Gasteiger charge is 2.16. The molecule has 0 amide bonds. The van der Waals surface area contributed by atoms with Gasteiger partial charge in [0, 0.05) is 26.3 Å². The van der Waals surface area contributed by atoms with E-state index in [1.807, 2.05) is 30.3 Å². The molecule has 0 atom stereocenters. The Hall–Kier alpha value is -1.47. The van der Waals surface area contributed by atoms with Gasteiger partial charge in [-0.1, -0.05) is 11.6 Å². The fraction of sp³-hybridized carbons (Fsp3) is 0.133. The first-order chi connectivity index (χ1) is 10.2. The monoisotopic (exact) mass is 412 g/mol. The Balaban J connectivity index is 1.88. The van der Waals surface area contributed by atoms with E-state index in [1.54, 1.807) is 0 Å². The number of H-pyrrole nitrogens is 1. The largest absolute Gasteiger partial charge is 0.486 e. The first-order valence-electron chi connectivity index (χ1n) is 6.45. The second-order valence-electron chi connectivity index (χ2n) is 4.72. The summed E-state index contributed by atoms with van der Waals surface area (Å²) in [6.07, 6.45) is 0. The average Bonchev–Trinajstić information content (AvgIpc) is 2.89. The first-order valence-corrected chi connectivity index (χ1v) is 7.91. The summed E-state index contributed by atoms with van der Waals surface area (Å²) in [6.45, 7) is 1.15. The van der Waals surface area contributed by atoms with Gasteiger partial charge in [0.15, 0.2) is 11.5 Å². The highest BCUT2D eigenvalue weighted by molar-refractivity contribution is 14.1. The number of ether oxygens (including phenoxy) is 2. The Labute approximate surface area is 139 Å². The van der Waals surface area contributed by atoms with E-state index >= 15 is 0 Å². The Morgan fingerprint density at radius 2 is 1.86 bits per heavy atom. The van der Waals surface area contributed by atoms with Crippen LogP contribution in [0.4, 0.5) is 0 Å². The molecule has 0 unspecified atom stereocenters. The van der Waals surface area contributed by atoms with Crippen molar-refractivity contribution in [3.05, 3.63) is 38.9 Å². The molecule has 4 nitrogen and oxygen atoms in total. The zero-order valence-electron chi connectivity index (χ0n) is 10.8. The fourth-order valence-corrected chi connectivity index (χ4v) is 3.12. The van der Waals surface area contributed by atoms with Gasteiger partial charge in [-0.15, -0.1) is 0 Å². The van der Waals surface area contributed by atoms with Gasteiger partial charge in [0.05, 0.1) is 11.0 Å². The number of nitrogens with zero attached hydrogens (tertiary/aromatic N) is 1. The SMILES string of the molecule is Clc1ccc(I)c(-c2nc3cc4c(cc3[nH]2)OCCO4)c1. The van der Waals surface area contributed by atoms with Gasteiger partial charge < -0.3 is 14.5 Å². The van der Waals surface area contributed by atoms with E-state index in [1.165, 1.54) is 0 Å². The summed E-state index contributed by atoms with van der Waals surface area (Å²) >= 11 is 8.36. The topological polar surface area (TPSA) is 47.1 Å². The van der Waals surface area contributed by atoms with Gasteiger partial charge in [0.25, 0.3) is 0 Å². The molecule has 1 aliphatic heterocycles. The van der Waals surface area contributed by atoms with Crippen molar-refractivity contribution >= 4 is 45.2 Å². The van der Waals surface area contributed by atoms with Gasteiger partial charge in [-0.05, 0) is 40.8 Å². The Morgan fingerprint density at radius 3 is 2.67 bits per heavy atom. The number of aromatic amines is 1. The number of hydrogen-bond acceptors (Lipinski definition) is 3. The number of imidazole rings is 1. The van der Waals surface area contributed by atoms with Gasteiger partial charge in [0.1, 0.15) is 19.0 Å². The van der Waals surface area contributed by atoms with Crippen LogP contribution in [0.2, 0.25) is 5.02 Å². The van der Waals surface area contributed by atoms with Crippen molar-refractivity contribution in [2.75, 3.05) is 13.2 Å². The second kappa shape index (κ2) is 5.06. The van der Waals surface area contributed by atoms with Crippen molar-refractivity contribution < 1.29 is 9.47 Å². The predicted molar refractivity (Wildman–Crippen MR) is 90.2 cm³/mol. The maximum Gasteiger partial charge on any atom is 0.163 e. The number of rotatable bonds is 1. The molecule has 21 heavy (non-hydrogen) atoms. The van der Waals surface area contributed by atoms with Crippen molar-refractivity contribution in [1.29, 1.82) is 0 Å². The normalized spacial score (nSPS) is 13.6. The van der Waals surface area contributed by atoms with Crippen molar-refractivity contribution in [3.63, 3.8) is 0 Å². The Morgan fingerprint density at radius 1 is 1.10 bits per heavy atom. The van der Waals surface area contributed by atoms with Crippen LogP contribution in [0.15, 0.2) is 30.3 Å². The van der Waals surface area contributed by atoms with Crippen LogP contribution in [0.3, 0.4) is 0 Å². The van der Waals surface area contributed by atoms with Crippen LogP contribution < -0.4 is 9.47 Å². The summed E-state index contributed by atoms with van der Waals surface area (Å²) in [4.78, 5) is 7.96. The third-order valence-corrected chi connectivity index (χ3v) is 4.51. The standard InChI is InChI=1S/C15H10ClIN2O2/c16-8-1-2-10(17)9(5-8)15-18-11-6-13-14(7-12(11)19-15)21-4-3-20-13/h1-2,5-7H,3-4H2,(H,18,19). The maximum atomic E-state index is 6.08. The van der Waals surface area contributed by atoms with Gasteiger partial charge in [0.2, 0.25) is 0 Å². The minimum Gasteiger partial charge on any atom is -0.486 e. The molecule has 3 aromatic rings. The Bertz CT molecular complexity index is 804. The zero-order chi connectivity index (χ0) is 14.4. The van der Waals surface area contributed by atoms with Crippen LogP contribution >= 0.6 is 34.2 Å². The number of hydrogen-bond donors (Lipinski definition) is 1. The number of benzene rings is 2. The molecular formula is C15H10ClIN2O2. The third-order valence-electron chi connectivity index (χ3n) is 3.33. The molecular weight excluding hydrogens is 403 g/mol. The summed E-state index contributed by atoms with van der Waals surface area (Å²) in [5, 5.41) is 0.692. The number of fused-ring (bicyclic) bond motifs is 2. The van der Waals surface area contributed by atoms with Crippen LogP contribution in [-0.2, 0) is 0 Å². The Kier molecular flexibility index (Phi) is 3.19. The lowest BCUT2D eigenvalue weighted by molar-refractivity contribution is 0.172. The minimum atomic E-state index is 0.571. The third kappa shape index (κ3) is 2.34. The van der Waals surface area contributed by atoms with E-state index in [0.717, 1.165) is 37.5 Å². The van der Waals surface area contributed by atoms with E-state index in [9.17, 15) is 0 Å². The van der Waals surface area contributed by atoms with Crippen LogP contribution in [0.25, 0.3) is 22.4 Å². The predicted octanol–water partition coefficient (Wildman–Crippen LogP) is 4.26. The molecule has 0 radical (unpaired) electrons. The van der Waals surface area contributed by atoms with Gasteiger partial charge >= 0.3 is 0 Å². The quantitative estimate of drug-likeness (QED) is 0.608. The molecule has 0 aliphatic carbocycles. The number of nitrogens with one attached hydrogen (secondary N) is 1.